The Labute approximate surface area is 174 Å². The molecular formula is C16H24IN7OS. The molecule has 0 aromatic carbocycles. The number of piperazine rings is 1. The number of amides is 1. The second-order valence-electron chi connectivity index (χ2n) is 5.93. The van der Waals surface area contributed by atoms with E-state index in [1.807, 2.05) is 24.3 Å². The largest absolute Gasteiger partial charge is 0.356 e. The fourth-order valence-electron chi connectivity index (χ4n) is 2.81. The van der Waals surface area contributed by atoms with Gasteiger partial charge in [0.25, 0.3) is 0 Å². The molecule has 0 bridgehead atoms. The van der Waals surface area contributed by atoms with E-state index in [0.29, 0.717) is 13.1 Å². The molecule has 0 spiro atoms. The summed E-state index contributed by atoms with van der Waals surface area (Å²) in [5.41, 5.74) is 0.842. The number of carbonyl (C=O) groups is 1. The van der Waals surface area contributed by atoms with Gasteiger partial charge in [-0.15, -0.1) is 35.3 Å². The van der Waals surface area contributed by atoms with Crippen LogP contribution < -0.4 is 10.2 Å². The van der Waals surface area contributed by atoms with Gasteiger partial charge < -0.3 is 15.1 Å². The van der Waals surface area contributed by atoms with Crippen molar-refractivity contribution in [2.24, 2.45) is 12.0 Å². The molecule has 10 heteroatoms. The average molecular weight is 489 g/mol. The second kappa shape index (κ2) is 9.31. The number of aryl methyl sites for hydroxylation is 2. The minimum absolute atomic E-state index is 0. The molecule has 3 heterocycles. The third kappa shape index (κ3) is 4.93. The Kier molecular flexibility index (Phi) is 7.38. The topological polar surface area (TPSA) is 78.7 Å². The monoisotopic (exact) mass is 489 g/mol. The smallest absolute Gasteiger partial charge is 0.246 e. The van der Waals surface area contributed by atoms with Crippen molar-refractivity contribution in [2.45, 2.75) is 13.3 Å². The number of thiazole rings is 1. The van der Waals surface area contributed by atoms with Crippen molar-refractivity contribution in [1.82, 2.24) is 25.0 Å². The molecule has 1 aliphatic rings. The number of hydrogen-bond acceptors (Lipinski definition) is 5. The van der Waals surface area contributed by atoms with Crippen LogP contribution in [0.4, 0.5) is 5.69 Å². The first-order chi connectivity index (χ1) is 12.1. The number of halogens is 1. The molecule has 0 unspecified atom stereocenters. The predicted octanol–water partition coefficient (Wildman–Crippen LogP) is 1.27. The summed E-state index contributed by atoms with van der Waals surface area (Å²) in [5.74, 6) is 0.810. The van der Waals surface area contributed by atoms with Crippen molar-refractivity contribution < 1.29 is 4.79 Å². The second-order valence-corrected chi connectivity index (χ2v) is 7.25. The van der Waals surface area contributed by atoms with E-state index in [1.165, 1.54) is 4.88 Å². The van der Waals surface area contributed by atoms with Gasteiger partial charge in [0.15, 0.2) is 5.96 Å². The Morgan fingerprint density at radius 2 is 2.19 bits per heavy atom. The van der Waals surface area contributed by atoms with E-state index in [2.05, 4.69) is 27.3 Å². The molecule has 1 N–H and O–H groups in total. The van der Waals surface area contributed by atoms with Gasteiger partial charge in [0.1, 0.15) is 6.54 Å². The summed E-state index contributed by atoms with van der Waals surface area (Å²) in [6.45, 7) is 4.47. The van der Waals surface area contributed by atoms with E-state index >= 15 is 0 Å². The van der Waals surface area contributed by atoms with Crippen molar-refractivity contribution in [3.05, 3.63) is 28.5 Å². The number of guanidine groups is 1. The number of nitrogens with zero attached hydrogens (tertiary/aromatic N) is 6. The number of nitrogens with one attached hydrogen (secondary N) is 1. The lowest BCUT2D eigenvalue weighted by molar-refractivity contribution is -0.120. The maximum atomic E-state index is 12.5. The summed E-state index contributed by atoms with van der Waals surface area (Å²) in [5, 5.41) is 8.58. The van der Waals surface area contributed by atoms with Crippen molar-refractivity contribution in [3.63, 3.8) is 0 Å². The lowest BCUT2D eigenvalue weighted by Gasteiger charge is -2.35. The van der Waals surface area contributed by atoms with Crippen LogP contribution in [0.2, 0.25) is 0 Å². The first kappa shape index (κ1) is 20.6. The SMILES string of the molecule is CN=C(NCCc1ncc(C)s1)N1CCN(c2cnn(C)c2)C(=O)C1.I. The standard InChI is InChI=1S/C16H23N7OS.HI/c1-12-8-19-14(25-12)4-5-18-16(17-2)22-6-7-23(15(24)11-22)13-9-20-21(3)10-13;/h8-10H,4-7,11H2,1-3H3,(H,17,18);1H. The molecule has 1 amide bonds. The Hall–Kier alpha value is -1.69. The van der Waals surface area contributed by atoms with Gasteiger partial charge in [-0.05, 0) is 6.92 Å². The number of hydrogen-bond donors (Lipinski definition) is 1. The lowest BCUT2D eigenvalue weighted by atomic mass is 10.3. The quantitative estimate of drug-likeness (QED) is 0.398. The maximum Gasteiger partial charge on any atom is 0.246 e. The number of anilines is 1. The van der Waals surface area contributed by atoms with Gasteiger partial charge in [0.2, 0.25) is 5.91 Å². The normalized spacial score (nSPS) is 15.2. The molecular weight excluding hydrogens is 465 g/mol. The van der Waals surface area contributed by atoms with E-state index < -0.39 is 0 Å². The van der Waals surface area contributed by atoms with E-state index in [1.54, 1.807) is 34.2 Å². The summed E-state index contributed by atoms with van der Waals surface area (Å²) in [6, 6.07) is 0. The lowest BCUT2D eigenvalue weighted by Crippen LogP contribution is -2.55. The van der Waals surface area contributed by atoms with Crippen molar-refractivity contribution >= 4 is 52.9 Å². The molecule has 3 rings (SSSR count). The van der Waals surface area contributed by atoms with Crippen molar-refractivity contribution in [2.75, 3.05) is 38.1 Å². The van der Waals surface area contributed by atoms with Crippen LogP contribution in [0.3, 0.4) is 0 Å². The number of rotatable bonds is 4. The first-order valence-corrected chi connectivity index (χ1v) is 9.04. The Morgan fingerprint density at radius 1 is 1.38 bits per heavy atom. The first-order valence-electron chi connectivity index (χ1n) is 8.22. The third-order valence-electron chi connectivity index (χ3n) is 4.03. The van der Waals surface area contributed by atoms with Gasteiger partial charge in [0, 0.05) is 57.4 Å². The van der Waals surface area contributed by atoms with E-state index in [0.717, 1.165) is 36.2 Å². The molecule has 0 atom stereocenters. The maximum absolute atomic E-state index is 12.5. The molecule has 0 radical (unpaired) electrons. The highest BCUT2D eigenvalue weighted by atomic mass is 127. The summed E-state index contributed by atoms with van der Waals surface area (Å²) < 4.78 is 1.70. The highest BCUT2D eigenvalue weighted by molar-refractivity contribution is 14.0. The predicted molar refractivity (Wildman–Crippen MR) is 114 cm³/mol. The Bertz CT molecular complexity index is 772. The van der Waals surface area contributed by atoms with Crippen LogP contribution in [0.1, 0.15) is 9.88 Å². The van der Waals surface area contributed by atoms with Gasteiger partial charge in [-0.3, -0.25) is 14.5 Å². The number of carbonyl (C=O) groups excluding carboxylic acids is 1. The van der Waals surface area contributed by atoms with Crippen molar-refractivity contribution in [1.29, 1.82) is 0 Å². The van der Waals surface area contributed by atoms with Gasteiger partial charge >= 0.3 is 0 Å². The zero-order valence-corrected chi connectivity index (χ0v) is 18.3. The van der Waals surface area contributed by atoms with E-state index in [4.69, 9.17) is 0 Å². The molecule has 1 aliphatic heterocycles. The van der Waals surface area contributed by atoms with Crippen LogP contribution >= 0.6 is 35.3 Å². The van der Waals surface area contributed by atoms with Gasteiger partial charge in [-0.25, -0.2) is 4.98 Å². The van der Waals surface area contributed by atoms with Crippen LogP contribution in [0.25, 0.3) is 0 Å². The average Bonchev–Trinajstić information content (AvgIpc) is 3.20. The molecule has 2 aromatic rings. The molecule has 2 aromatic heterocycles. The zero-order chi connectivity index (χ0) is 17.8. The van der Waals surface area contributed by atoms with Gasteiger partial charge in [-0.1, -0.05) is 0 Å². The highest BCUT2D eigenvalue weighted by Crippen LogP contribution is 2.16. The summed E-state index contributed by atoms with van der Waals surface area (Å²) in [7, 11) is 3.59. The van der Waals surface area contributed by atoms with E-state index in [9.17, 15) is 4.79 Å². The summed E-state index contributed by atoms with van der Waals surface area (Å²) in [6.07, 6.45) is 6.32. The fraction of sp³-hybridized carbons (Fsp3) is 0.500. The molecule has 1 saturated heterocycles. The van der Waals surface area contributed by atoms with Crippen LogP contribution in [-0.4, -0.2) is 64.8 Å². The molecule has 26 heavy (non-hydrogen) atoms. The highest BCUT2D eigenvalue weighted by Gasteiger charge is 2.27. The number of aliphatic imine (C=N–C) groups is 1. The fourth-order valence-corrected chi connectivity index (χ4v) is 3.59. The molecule has 1 fully saturated rings. The van der Waals surface area contributed by atoms with Crippen LogP contribution in [0, 0.1) is 6.92 Å². The Balaban J connectivity index is 0.00000243. The van der Waals surface area contributed by atoms with Gasteiger partial charge in [0.05, 0.1) is 16.9 Å². The minimum atomic E-state index is 0. The van der Waals surface area contributed by atoms with Crippen molar-refractivity contribution in [3.8, 4) is 0 Å². The molecule has 0 aliphatic carbocycles. The minimum Gasteiger partial charge on any atom is -0.356 e. The van der Waals surface area contributed by atoms with Gasteiger partial charge in [-0.2, -0.15) is 5.10 Å². The van der Waals surface area contributed by atoms with E-state index in [-0.39, 0.29) is 29.9 Å². The van der Waals surface area contributed by atoms with Crippen LogP contribution in [0.5, 0.6) is 0 Å². The molecule has 142 valence electrons. The number of aromatic nitrogens is 3. The third-order valence-corrected chi connectivity index (χ3v) is 5.00. The molecule has 8 nitrogen and oxygen atoms in total. The van der Waals surface area contributed by atoms with Crippen LogP contribution in [-0.2, 0) is 18.3 Å². The summed E-state index contributed by atoms with van der Waals surface area (Å²) in [4.78, 5) is 26.1. The molecule has 0 saturated carbocycles. The van der Waals surface area contributed by atoms with Crippen LogP contribution in [0.15, 0.2) is 23.6 Å². The summed E-state index contributed by atoms with van der Waals surface area (Å²) >= 11 is 1.71. The zero-order valence-electron chi connectivity index (χ0n) is 15.2. The Morgan fingerprint density at radius 3 is 2.77 bits per heavy atom.